The minimum absolute atomic E-state index is 0.154. The summed E-state index contributed by atoms with van der Waals surface area (Å²) < 4.78 is 0. The fraction of sp³-hybridized carbons (Fsp3) is 0.267. The lowest BCUT2D eigenvalue weighted by molar-refractivity contribution is 0.913. The lowest BCUT2D eigenvalue weighted by atomic mass is 10.1. The van der Waals surface area contributed by atoms with Crippen LogP contribution in [0.4, 0.5) is 0 Å². The fourth-order valence-corrected chi connectivity index (χ4v) is 4.81. The highest BCUT2D eigenvalue weighted by Gasteiger charge is 2.20. The van der Waals surface area contributed by atoms with E-state index in [0.29, 0.717) is 0 Å². The number of benzene rings is 1. The molecule has 1 aromatic carbocycles. The number of nitrogens with one attached hydrogen (secondary N) is 2. The van der Waals surface area contributed by atoms with Crippen molar-refractivity contribution < 1.29 is 0 Å². The number of H-pyrrole nitrogens is 2. The molecule has 2 N–H and O–H groups in total. The van der Waals surface area contributed by atoms with E-state index in [1.165, 1.54) is 35.3 Å². The van der Waals surface area contributed by atoms with Gasteiger partial charge >= 0.3 is 5.69 Å². The van der Waals surface area contributed by atoms with Crippen LogP contribution in [0, 0.1) is 0 Å². The van der Waals surface area contributed by atoms with E-state index in [4.69, 9.17) is 0 Å². The molecule has 3 nitrogen and oxygen atoms in total. The van der Waals surface area contributed by atoms with Crippen molar-refractivity contribution in [3.05, 3.63) is 55.6 Å². The van der Waals surface area contributed by atoms with Crippen molar-refractivity contribution in [2.75, 3.05) is 0 Å². The van der Waals surface area contributed by atoms with E-state index in [1.807, 2.05) is 23.5 Å². The summed E-state index contributed by atoms with van der Waals surface area (Å²) in [5.74, 6) is 0. The molecule has 0 saturated heterocycles. The quantitative estimate of drug-likeness (QED) is 0.678. The number of hydrogen-bond donors (Lipinski definition) is 2. The highest BCUT2D eigenvalue weighted by Crippen LogP contribution is 2.40. The largest absolute Gasteiger partial charge is 0.323 e. The van der Waals surface area contributed by atoms with Crippen molar-refractivity contribution in [1.29, 1.82) is 0 Å². The second kappa shape index (κ2) is 4.60. The van der Waals surface area contributed by atoms with Crippen molar-refractivity contribution in [3.63, 3.8) is 0 Å². The van der Waals surface area contributed by atoms with Gasteiger partial charge in [-0.25, -0.2) is 4.79 Å². The van der Waals surface area contributed by atoms with Crippen molar-refractivity contribution in [2.45, 2.75) is 24.1 Å². The molecule has 1 aliphatic rings. The third-order valence-electron chi connectivity index (χ3n) is 3.85. The molecule has 0 amide bonds. The second-order valence-electron chi connectivity index (χ2n) is 5.20. The molecule has 1 atom stereocenters. The zero-order valence-corrected chi connectivity index (χ0v) is 13.1. The van der Waals surface area contributed by atoms with Crippen LogP contribution in [-0.2, 0) is 12.8 Å². The zero-order valence-electron chi connectivity index (χ0n) is 10.7. The average Bonchev–Trinajstić information content (AvgIpc) is 3.08. The normalized spacial score (nSPS) is 15.7. The Morgan fingerprint density at radius 3 is 2.85 bits per heavy atom. The summed E-state index contributed by atoms with van der Waals surface area (Å²) in [5.41, 5.74) is 4.25. The summed E-state index contributed by atoms with van der Waals surface area (Å²) in [6.07, 6.45) is 3.74. The molecule has 1 unspecified atom stereocenters. The molecule has 2 heterocycles. The smallest absolute Gasteiger partial charge is 0.306 e. The van der Waals surface area contributed by atoms with E-state index in [9.17, 15) is 4.79 Å². The van der Waals surface area contributed by atoms with E-state index in [0.717, 1.165) is 11.0 Å². The molecule has 3 aromatic rings. The van der Waals surface area contributed by atoms with Crippen LogP contribution in [0.5, 0.6) is 0 Å². The first-order chi connectivity index (χ1) is 9.70. The summed E-state index contributed by atoms with van der Waals surface area (Å²) in [7, 11) is 0. The number of imidazole rings is 1. The van der Waals surface area contributed by atoms with Gasteiger partial charge in [-0.1, -0.05) is 22.0 Å². The van der Waals surface area contributed by atoms with E-state index < -0.39 is 0 Å². The maximum absolute atomic E-state index is 11.3. The monoisotopic (exact) mass is 348 g/mol. The maximum atomic E-state index is 11.3. The summed E-state index contributed by atoms with van der Waals surface area (Å²) >= 11 is 5.70. The Balaban J connectivity index is 1.74. The number of aromatic amines is 2. The van der Waals surface area contributed by atoms with Gasteiger partial charge in [0.15, 0.2) is 0 Å². The number of halogens is 1. The molecule has 0 bridgehead atoms. The molecular weight excluding hydrogens is 336 g/mol. The molecule has 102 valence electrons. The van der Waals surface area contributed by atoms with E-state index >= 15 is 0 Å². The van der Waals surface area contributed by atoms with Crippen LogP contribution in [0.25, 0.3) is 11.0 Å². The highest BCUT2D eigenvalue weighted by molar-refractivity contribution is 9.09. The molecule has 0 spiro atoms. The average molecular weight is 349 g/mol. The Hall–Kier alpha value is -1.33. The summed E-state index contributed by atoms with van der Waals surface area (Å²) in [6.45, 7) is 0. The Bertz CT molecular complexity index is 824. The van der Waals surface area contributed by atoms with Crippen LogP contribution in [-0.4, -0.2) is 9.97 Å². The Morgan fingerprint density at radius 2 is 2.00 bits per heavy atom. The van der Waals surface area contributed by atoms with Crippen LogP contribution in [0.15, 0.2) is 29.1 Å². The zero-order chi connectivity index (χ0) is 13.7. The number of rotatable bonds is 2. The van der Waals surface area contributed by atoms with Crippen LogP contribution in [0.3, 0.4) is 0 Å². The molecule has 0 radical (unpaired) electrons. The third-order valence-corrected chi connectivity index (χ3v) is 6.48. The molecule has 20 heavy (non-hydrogen) atoms. The minimum Gasteiger partial charge on any atom is -0.306 e. The van der Waals surface area contributed by atoms with Gasteiger partial charge in [0.1, 0.15) is 0 Å². The number of thiophene rings is 1. The molecule has 4 rings (SSSR count). The van der Waals surface area contributed by atoms with Gasteiger partial charge in [0.25, 0.3) is 0 Å². The summed E-state index contributed by atoms with van der Waals surface area (Å²) in [5, 5.41) is 0. The molecule has 0 aliphatic heterocycles. The van der Waals surface area contributed by atoms with Crippen molar-refractivity contribution >= 4 is 38.3 Å². The molecule has 0 fully saturated rings. The van der Waals surface area contributed by atoms with E-state index in [2.05, 4.69) is 38.0 Å². The molecule has 1 aliphatic carbocycles. The van der Waals surface area contributed by atoms with Gasteiger partial charge in [-0.2, -0.15) is 0 Å². The van der Waals surface area contributed by atoms with Gasteiger partial charge in [0.05, 0.1) is 15.9 Å². The lowest BCUT2D eigenvalue weighted by Gasteiger charge is -2.08. The minimum atomic E-state index is -0.154. The lowest BCUT2D eigenvalue weighted by Crippen LogP contribution is -1.99. The molecule has 5 heteroatoms. The Kier molecular flexibility index (Phi) is 2.86. The van der Waals surface area contributed by atoms with Gasteiger partial charge in [-0.05, 0) is 48.6 Å². The van der Waals surface area contributed by atoms with E-state index in [-0.39, 0.29) is 10.5 Å². The van der Waals surface area contributed by atoms with Crippen molar-refractivity contribution in [1.82, 2.24) is 9.97 Å². The van der Waals surface area contributed by atoms with Gasteiger partial charge in [-0.15, -0.1) is 11.3 Å². The first-order valence-electron chi connectivity index (χ1n) is 6.68. The molecular formula is C15H13BrN2OS. The SMILES string of the molecule is O=c1[nH]c2ccc(C(Br)c3cc4c(s3)CCC4)cc2[nH]1. The molecule has 0 saturated carbocycles. The number of hydrogen-bond acceptors (Lipinski definition) is 2. The second-order valence-corrected chi connectivity index (χ2v) is 7.28. The number of alkyl halides is 1. The summed E-state index contributed by atoms with van der Waals surface area (Å²) in [6, 6.07) is 8.39. The first kappa shape index (κ1) is 12.4. The number of fused-ring (bicyclic) bond motifs is 2. The van der Waals surface area contributed by atoms with Crippen LogP contribution in [0.1, 0.15) is 32.1 Å². The fourth-order valence-electron chi connectivity index (χ4n) is 2.85. The van der Waals surface area contributed by atoms with Crippen LogP contribution >= 0.6 is 27.3 Å². The summed E-state index contributed by atoms with van der Waals surface area (Å²) in [4.78, 5) is 20.0. The van der Waals surface area contributed by atoms with Crippen LogP contribution in [0.2, 0.25) is 0 Å². The van der Waals surface area contributed by atoms with Gasteiger partial charge in [0.2, 0.25) is 0 Å². The molecule has 2 aromatic heterocycles. The topological polar surface area (TPSA) is 48.6 Å². The Morgan fingerprint density at radius 1 is 1.15 bits per heavy atom. The number of aromatic nitrogens is 2. The van der Waals surface area contributed by atoms with Gasteiger partial charge < -0.3 is 9.97 Å². The standard InChI is InChI=1S/C15H13BrN2OS/c16-14(13-7-8-2-1-3-12(8)20-13)9-4-5-10-11(6-9)18-15(19)17-10/h4-7,14H,1-3H2,(H2,17,18,19). The van der Waals surface area contributed by atoms with E-state index in [1.54, 1.807) is 4.88 Å². The van der Waals surface area contributed by atoms with Gasteiger partial charge in [-0.3, -0.25) is 0 Å². The first-order valence-corrected chi connectivity index (χ1v) is 8.41. The predicted octanol–water partition coefficient (Wildman–Crippen LogP) is 3.89. The third kappa shape index (κ3) is 1.96. The van der Waals surface area contributed by atoms with Crippen LogP contribution < -0.4 is 5.69 Å². The Labute approximate surface area is 128 Å². The van der Waals surface area contributed by atoms with Crippen molar-refractivity contribution in [2.24, 2.45) is 0 Å². The number of aryl methyl sites for hydroxylation is 2. The highest BCUT2D eigenvalue weighted by atomic mass is 79.9. The predicted molar refractivity (Wildman–Crippen MR) is 86.0 cm³/mol. The van der Waals surface area contributed by atoms with Gasteiger partial charge in [0, 0.05) is 9.75 Å². The maximum Gasteiger partial charge on any atom is 0.323 e. The van der Waals surface area contributed by atoms with Crippen molar-refractivity contribution in [3.8, 4) is 0 Å².